The summed E-state index contributed by atoms with van der Waals surface area (Å²) in [4.78, 5) is 16.0. The number of nitrogens with one attached hydrogen (secondary N) is 2. The molecule has 3 aromatic heterocycles. The first-order valence-electron chi connectivity index (χ1n) is 6.54. The maximum Gasteiger partial charge on any atom is 0.229 e. The zero-order valence-corrected chi connectivity index (χ0v) is 12.5. The van der Waals surface area contributed by atoms with Crippen LogP contribution in [0, 0.1) is 0 Å². The second-order valence-electron chi connectivity index (χ2n) is 4.33. The van der Waals surface area contributed by atoms with Gasteiger partial charge >= 0.3 is 0 Å². The molecule has 0 unspecified atom stereocenters. The van der Waals surface area contributed by atoms with Gasteiger partial charge in [0.2, 0.25) is 5.95 Å². The Hall–Kier alpha value is -2.93. The third kappa shape index (κ3) is 2.75. The summed E-state index contributed by atoms with van der Waals surface area (Å²) >= 11 is 1.49. The maximum absolute atomic E-state index is 5.63. The summed E-state index contributed by atoms with van der Waals surface area (Å²) in [6.45, 7) is 3.74. The molecule has 3 aromatic rings. The van der Waals surface area contributed by atoms with Gasteiger partial charge in [-0.15, -0.1) is 11.3 Å². The summed E-state index contributed by atoms with van der Waals surface area (Å²) in [7, 11) is 0. The molecule has 0 saturated carbocycles. The molecule has 0 aliphatic rings. The summed E-state index contributed by atoms with van der Waals surface area (Å²) in [5.41, 5.74) is 7.35. The van der Waals surface area contributed by atoms with Crippen molar-refractivity contribution in [3.8, 4) is 11.3 Å². The monoisotopic (exact) mass is 310 g/mol. The van der Waals surface area contributed by atoms with Gasteiger partial charge in [-0.25, -0.2) is 15.0 Å². The minimum Gasteiger partial charge on any atom is -0.403 e. The lowest BCUT2D eigenvalue weighted by atomic mass is 10.2. The van der Waals surface area contributed by atoms with E-state index in [4.69, 9.17) is 5.73 Å². The lowest BCUT2D eigenvalue weighted by molar-refractivity contribution is 1.16. The summed E-state index contributed by atoms with van der Waals surface area (Å²) < 4.78 is 0. The van der Waals surface area contributed by atoms with E-state index in [0.717, 1.165) is 27.0 Å². The van der Waals surface area contributed by atoms with Gasteiger partial charge in [0.05, 0.1) is 11.0 Å². The molecule has 4 N–H and O–H groups in total. The van der Waals surface area contributed by atoms with Crippen LogP contribution in [-0.4, -0.2) is 19.9 Å². The van der Waals surface area contributed by atoms with Gasteiger partial charge in [-0.1, -0.05) is 18.7 Å². The highest BCUT2D eigenvalue weighted by atomic mass is 32.1. The number of allylic oxidation sites excluding steroid dienone is 1. The molecule has 0 spiro atoms. The number of thiazole rings is 1. The quantitative estimate of drug-likeness (QED) is 0.676. The van der Waals surface area contributed by atoms with Gasteiger partial charge in [0, 0.05) is 41.0 Å². The number of aromatic amines is 1. The molecule has 22 heavy (non-hydrogen) atoms. The topological polar surface area (TPSA) is 92.5 Å². The molecule has 0 bridgehead atoms. The number of nitrogens with two attached hydrogens (primary N) is 1. The average Bonchev–Trinajstić information content (AvgIpc) is 3.17. The minimum atomic E-state index is 0.497. The number of anilines is 2. The normalized spacial score (nSPS) is 12.5. The van der Waals surface area contributed by atoms with E-state index in [1.54, 1.807) is 18.5 Å². The van der Waals surface area contributed by atoms with Crippen LogP contribution < -0.4 is 21.6 Å². The van der Waals surface area contributed by atoms with E-state index in [2.05, 4.69) is 31.8 Å². The van der Waals surface area contributed by atoms with Crippen molar-refractivity contribution in [3.05, 3.63) is 53.3 Å². The minimum absolute atomic E-state index is 0.497. The van der Waals surface area contributed by atoms with E-state index in [1.165, 1.54) is 17.5 Å². The fraction of sp³-hybridized carbons (Fsp3) is 0. The fourth-order valence-corrected chi connectivity index (χ4v) is 2.57. The first-order chi connectivity index (χ1) is 10.8. The van der Waals surface area contributed by atoms with Gasteiger partial charge in [0.15, 0.2) is 5.13 Å². The SMILES string of the molecule is C=C/C=c1/c(-c2ccnc(Nc3nccs3)n2)c[nH]/c1=C/N. The number of aromatic nitrogens is 4. The number of hydrogen-bond acceptors (Lipinski definition) is 6. The summed E-state index contributed by atoms with van der Waals surface area (Å²) in [5, 5.41) is 7.48. The molecule has 0 aromatic carbocycles. The molecule has 0 aliphatic carbocycles. The van der Waals surface area contributed by atoms with Crippen molar-refractivity contribution >= 4 is 34.7 Å². The molecule has 0 atom stereocenters. The van der Waals surface area contributed by atoms with E-state index in [-0.39, 0.29) is 0 Å². The van der Waals surface area contributed by atoms with Crippen LogP contribution >= 0.6 is 11.3 Å². The Morgan fingerprint density at radius 2 is 2.23 bits per heavy atom. The van der Waals surface area contributed by atoms with Gasteiger partial charge < -0.3 is 16.0 Å². The van der Waals surface area contributed by atoms with Gasteiger partial charge in [-0.05, 0) is 6.07 Å². The largest absolute Gasteiger partial charge is 0.403 e. The van der Waals surface area contributed by atoms with E-state index >= 15 is 0 Å². The predicted molar refractivity (Wildman–Crippen MR) is 89.8 cm³/mol. The molecule has 3 heterocycles. The average molecular weight is 310 g/mol. The Bertz CT molecular complexity index is 895. The molecule has 0 fully saturated rings. The summed E-state index contributed by atoms with van der Waals surface area (Å²) in [6.07, 6.45) is 10.4. The Labute approximate surface area is 130 Å². The van der Waals surface area contributed by atoms with Crippen LogP contribution in [0.2, 0.25) is 0 Å². The summed E-state index contributed by atoms with van der Waals surface area (Å²) in [6, 6.07) is 1.84. The molecular weight excluding hydrogens is 296 g/mol. The third-order valence-corrected chi connectivity index (χ3v) is 3.67. The fourth-order valence-electron chi connectivity index (χ4n) is 2.05. The first kappa shape index (κ1) is 14.0. The molecule has 0 amide bonds. The molecule has 0 radical (unpaired) electrons. The number of H-pyrrole nitrogens is 1. The van der Waals surface area contributed by atoms with Crippen molar-refractivity contribution in [2.75, 3.05) is 5.32 Å². The van der Waals surface area contributed by atoms with Crippen molar-refractivity contribution in [3.63, 3.8) is 0 Å². The Kier molecular flexibility index (Phi) is 3.97. The Morgan fingerprint density at radius 1 is 1.32 bits per heavy atom. The molecule has 3 rings (SSSR count). The number of rotatable bonds is 4. The maximum atomic E-state index is 5.63. The Balaban J connectivity index is 2.05. The van der Waals surface area contributed by atoms with Crippen molar-refractivity contribution < 1.29 is 0 Å². The first-order valence-corrected chi connectivity index (χ1v) is 7.42. The molecule has 0 saturated heterocycles. The molecule has 6 nitrogen and oxygen atoms in total. The highest BCUT2D eigenvalue weighted by Crippen LogP contribution is 2.17. The second kappa shape index (κ2) is 6.23. The van der Waals surface area contributed by atoms with E-state index < -0.39 is 0 Å². The van der Waals surface area contributed by atoms with E-state index in [0.29, 0.717) is 5.95 Å². The van der Waals surface area contributed by atoms with Gasteiger partial charge in [-0.3, -0.25) is 0 Å². The highest BCUT2D eigenvalue weighted by Gasteiger charge is 2.07. The summed E-state index contributed by atoms with van der Waals surface area (Å²) in [5.74, 6) is 0.497. The second-order valence-corrected chi connectivity index (χ2v) is 5.22. The van der Waals surface area contributed by atoms with Crippen molar-refractivity contribution in [2.24, 2.45) is 5.73 Å². The lowest BCUT2D eigenvalue weighted by Crippen LogP contribution is -2.25. The van der Waals surface area contributed by atoms with E-state index in [9.17, 15) is 0 Å². The van der Waals surface area contributed by atoms with Crippen LogP contribution in [0.15, 0.2) is 42.7 Å². The zero-order chi connectivity index (χ0) is 15.4. The third-order valence-electron chi connectivity index (χ3n) is 2.99. The smallest absolute Gasteiger partial charge is 0.229 e. The number of nitrogens with zero attached hydrogens (tertiary/aromatic N) is 3. The van der Waals surface area contributed by atoms with Gasteiger partial charge in [-0.2, -0.15) is 0 Å². The number of hydrogen-bond donors (Lipinski definition) is 3. The van der Waals surface area contributed by atoms with Gasteiger partial charge in [0.25, 0.3) is 0 Å². The zero-order valence-electron chi connectivity index (χ0n) is 11.7. The Morgan fingerprint density at radius 3 is 2.95 bits per heavy atom. The van der Waals surface area contributed by atoms with Crippen LogP contribution in [0.4, 0.5) is 11.1 Å². The highest BCUT2D eigenvalue weighted by molar-refractivity contribution is 7.13. The van der Waals surface area contributed by atoms with Crippen molar-refractivity contribution in [1.29, 1.82) is 0 Å². The molecule has 7 heteroatoms. The molecular formula is C15H14N6S. The van der Waals surface area contributed by atoms with Crippen LogP contribution in [0.25, 0.3) is 23.5 Å². The molecule has 0 aliphatic heterocycles. The predicted octanol–water partition coefficient (Wildman–Crippen LogP) is 1.33. The van der Waals surface area contributed by atoms with Crippen molar-refractivity contribution in [1.82, 2.24) is 19.9 Å². The standard InChI is InChI=1S/C15H14N6S/c1-2-3-10-11(9-19-13(10)8-16)12-4-5-17-14(20-12)21-15-18-6-7-22-15/h2-9,19H,1,16H2,(H,17,18,20,21)/b10-3-,13-8+. The van der Waals surface area contributed by atoms with Crippen LogP contribution in [0.1, 0.15) is 0 Å². The van der Waals surface area contributed by atoms with Crippen LogP contribution in [0.5, 0.6) is 0 Å². The molecule has 110 valence electrons. The van der Waals surface area contributed by atoms with E-state index in [1.807, 2.05) is 23.7 Å². The van der Waals surface area contributed by atoms with Crippen LogP contribution in [-0.2, 0) is 0 Å². The lowest BCUT2D eigenvalue weighted by Gasteiger charge is -2.02. The van der Waals surface area contributed by atoms with Crippen LogP contribution in [0.3, 0.4) is 0 Å². The van der Waals surface area contributed by atoms with Crippen molar-refractivity contribution in [2.45, 2.75) is 0 Å². The van der Waals surface area contributed by atoms with Gasteiger partial charge in [0.1, 0.15) is 0 Å².